The Labute approximate surface area is 44.9 Å². The molecule has 0 unspecified atom stereocenters. The second kappa shape index (κ2) is 4.48. The first kappa shape index (κ1) is 5.48. The van der Waals surface area contributed by atoms with Crippen molar-refractivity contribution in [1.29, 1.82) is 0 Å². The summed E-state index contributed by atoms with van der Waals surface area (Å²) in [7, 11) is 0. The van der Waals surface area contributed by atoms with Crippen LogP contribution >= 0.6 is 12.2 Å². The van der Waals surface area contributed by atoms with E-state index in [1.54, 1.807) is 5.37 Å². The van der Waals surface area contributed by atoms with Crippen molar-refractivity contribution >= 4 is 38.1 Å². The average molecular weight is 151 g/mol. The third kappa shape index (κ3) is 4.48. The average Bonchev–Trinajstić information content (AvgIpc) is 1.41. The van der Waals surface area contributed by atoms with Crippen LogP contribution in [0, 0.1) is 0 Å². The van der Waals surface area contributed by atoms with Crippen LogP contribution < -0.4 is 0 Å². The fourth-order valence-corrected chi connectivity index (χ4v) is 0.612. The summed E-state index contributed by atoms with van der Waals surface area (Å²) >= 11 is 7.20. The molecule has 0 atom stereocenters. The molecule has 0 aromatic rings. The molecule has 0 heterocycles. The van der Waals surface area contributed by atoms with Gasteiger partial charge in [-0.1, -0.05) is 0 Å². The van der Waals surface area contributed by atoms with Gasteiger partial charge in [-0.25, -0.2) is 0 Å². The Hall–Kier alpha value is 0.479. The van der Waals surface area contributed by atoms with Crippen LogP contribution in [0.15, 0.2) is 0 Å². The zero-order valence-electron chi connectivity index (χ0n) is 2.68. The Kier molecular flexibility index (Phi) is 4.91. The van der Waals surface area contributed by atoms with Gasteiger partial charge in [0.2, 0.25) is 0 Å². The number of hydrogen-bond donors (Lipinski definition) is 0. The van der Waals surface area contributed by atoms with E-state index in [9.17, 15) is 0 Å². The fourth-order valence-electron chi connectivity index (χ4n) is 0.0393. The molecule has 0 aliphatic carbocycles. The van der Waals surface area contributed by atoms with Crippen LogP contribution in [0.3, 0.4) is 0 Å². The van der Waals surface area contributed by atoms with E-state index in [1.165, 1.54) is 0 Å². The van der Waals surface area contributed by atoms with Gasteiger partial charge in [0.1, 0.15) is 0 Å². The van der Waals surface area contributed by atoms with Crippen molar-refractivity contribution in [3.05, 3.63) is 0 Å². The van der Waals surface area contributed by atoms with Gasteiger partial charge < -0.3 is 0 Å². The second-order valence-corrected chi connectivity index (χ2v) is 1.60. The third-order valence-electron chi connectivity index (χ3n) is 0.192. The Morgan fingerprint density at radius 1 is 1.80 bits per heavy atom. The molecule has 5 heavy (non-hydrogen) atoms. The van der Waals surface area contributed by atoms with Crippen LogP contribution in [-0.4, -0.2) is 25.9 Å². The van der Waals surface area contributed by atoms with Gasteiger partial charge in [-0.15, -0.1) is 0 Å². The Morgan fingerprint density at radius 3 is 2.40 bits per heavy atom. The Balaban J connectivity index is 2.65. The SMILES string of the molecule is S=CCC=[Se]. The van der Waals surface area contributed by atoms with E-state index < -0.39 is 0 Å². The predicted molar refractivity (Wildman–Crippen MR) is 30.1 cm³/mol. The number of rotatable bonds is 2. The summed E-state index contributed by atoms with van der Waals surface area (Å²) in [4.78, 5) is 1.90. The van der Waals surface area contributed by atoms with E-state index in [2.05, 4.69) is 27.8 Å². The number of hydrogen-bond acceptors (Lipinski definition) is 1. The maximum atomic E-state index is 4.47. The molecule has 0 radical (unpaired) electrons. The molecule has 0 amide bonds. The predicted octanol–water partition coefficient (Wildman–Crippen LogP) is 0.347. The summed E-state index contributed by atoms with van der Waals surface area (Å²) in [6, 6.07) is 0. The quantitative estimate of drug-likeness (QED) is 0.405. The summed E-state index contributed by atoms with van der Waals surface area (Å²) in [5, 5.41) is 1.68. The molecule has 0 saturated heterocycles. The third-order valence-corrected chi connectivity index (χ3v) is 0.789. The van der Waals surface area contributed by atoms with E-state index in [1.807, 2.05) is 4.92 Å². The van der Waals surface area contributed by atoms with Crippen LogP contribution in [0.25, 0.3) is 0 Å². The second-order valence-electron chi connectivity index (χ2n) is 0.569. The molecule has 0 saturated carbocycles. The van der Waals surface area contributed by atoms with Gasteiger partial charge >= 0.3 is 44.5 Å². The van der Waals surface area contributed by atoms with Crippen LogP contribution in [-0.2, 0) is 0 Å². The van der Waals surface area contributed by atoms with Gasteiger partial charge in [0.25, 0.3) is 0 Å². The maximum absolute atomic E-state index is 4.47. The summed E-state index contributed by atoms with van der Waals surface area (Å²) in [5.74, 6) is 0. The van der Waals surface area contributed by atoms with Crippen molar-refractivity contribution < 1.29 is 0 Å². The first-order chi connectivity index (χ1) is 2.41. The fraction of sp³-hybridized carbons (Fsp3) is 0.333. The zero-order chi connectivity index (χ0) is 4.12. The molecule has 0 aromatic carbocycles. The normalized spacial score (nSPS) is 6.40. The topological polar surface area (TPSA) is 0 Å². The molecule has 0 N–H and O–H groups in total. The van der Waals surface area contributed by atoms with Gasteiger partial charge in [-0.2, -0.15) is 0 Å². The van der Waals surface area contributed by atoms with E-state index in [4.69, 9.17) is 0 Å². The molecule has 0 fully saturated rings. The first-order valence-electron chi connectivity index (χ1n) is 1.29. The van der Waals surface area contributed by atoms with E-state index in [0.717, 1.165) is 6.42 Å². The van der Waals surface area contributed by atoms with Crippen molar-refractivity contribution in [3.63, 3.8) is 0 Å². The number of thiocarbonyl (C=S) groups is 1. The molecule has 0 spiro atoms. The van der Waals surface area contributed by atoms with E-state index in [-0.39, 0.29) is 0 Å². The summed E-state index contributed by atoms with van der Waals surface area (Å²) in [6.45, 7) is 0. The Bertz CT molecular complexity index is 36.2. The molecule has 0 aromatic heterocycles. The molecule has 2 heteroatoms. The molecule has 0 aliphatic heterocycles. The Morgan fingerprint density at radius 2 is 2.40 bits per heavy atom. The van der Waals surface area contributed by atoms with Crippen LogP contribution in [0.1, 0.15) is 6.42 Å². The van der Waals surface area contributed by atoms with E-state index in [0.29, 0.717) is 0 Å². The summed E-state index contributed by atoms with van der Waals surface area (Å²) in [5.41, 5.74) is 0. The monoisotopic (exact) mass is 152 g/mol. The summed E-state index contributed by atoms with van der Waals surface area (Å²) in [6.07, 6.45) is 0.898. The van der Waals surface area contributed by atoms with Crippen LogP contribution in [0.5, 0.6) is 0 Å². The van der Waals surface area contributed by atoms with Gasteiger partial charge in [-0.05, 0) is 0 Å². The van der Waals surface area contributed by atoms with Crippen molar-refractivity contribution in [2.75, 3.05) is 0 Å². The minimum absolute atomic E-state index is 0.898. The molecule has 0 nitrogen and oxygen atoms in total. The van der Waals surface area contributed by atoms with Crippen molar-refractivity contribution in [1.82, 2.24) is 0 Å². The minimum atomic E-state index is 0.898. The summed E-state index contributed by atoms with van der Waals surface area (Å²) < 4.78 is 0. The molecular formula is C3H4SSe. The zero-order valence-corrected chi connectivity index (χ0v) is 5.21. The standard InChI is InChI=1S/C3H4SSe/c4-2-1-3-5/h2-3H,1H2. The van der Waals surface area contributed by atoms with Crippen molar-refractivity contribution in [2.45, 2.75) is 6.42 Å². The molecule has 28 valence electrons. The molecule has 0 aliphatic rings. The molecular weight excluding hydrogens is 147 g/mol. The molecule has 0 bridgehead atoms. The van der Waals surface area contributed by atoms with Crippen molar-refractivity contribution in [3.8, 4) is 0 Å². The first-order valence-corrected chi connectivity index (χ1v) is 2.75. The van der Waals surface area contributed by atoms with Crippen molar-refractivity contribution in [2.24, 2.45) is 0 Å². The van der Waals surface area contributed by atoms with Gasteiger partial charge in [0.05, 0.1) is 0 Å². The van der Waals surface area contributed by atoms with Crippen LogP contribution in [0.4, 0.5) is 0 Å². The van der Waals surface area contributed by atoms with Gasteiger partial charge in [-0.3, -0.25) is 0 Å². The van der Waals surface area contributed by atoms with Gasteiger partial charge in [0.15, 0.2) is 0 Å². The van der Waals surface area contributed by atoms with Gasteiger partial charge in [0, 0.05) is 0 Å². The van der Waals surface area contributed by atoms with Crippen LogP contribution in [0.2, 0.25) is 0 Å². The molecule has 0 rings (SSSR count). The van der Waals surface area contributed by atoms with E-state index >= 15 is 0 Å².